The van der Waals surface area contributed by atoms with Gasteiger partial charge in [0.15, 0.2) is 11.5 Å². The standard InChI is InChI=1S/C68H68O9P2/c1-11-23-52-41-47(13-3)65(69-9)59(66(52)76-78(72-61-43(5)33-37-48-25-15-19-29-54(48)61)73-62-44(6)34-38-49-26-16-20-30-55(49)62)60-67(53(24-12-2)42-58(71-14-4)68(60)70-10)77-79(74-63-45(7)35-39-50-27-17-21-31-56(50)63)75-64-46(8)36-40-51-28-18-22-32-57(51)64/h15-22,25-42H,11-14,23-24H2,1-10H3. The van der Waals surface area contributed by atoms with Crippen LogP contribution in [-0.4, -0.2) is 20.8 Å². The Labute approximate surface area is 467 Å². The molecular formula is C68H68O9P2. The van der Waals surface area contributed by atoms with Gasteiger partial charge in [0.25, 0.3) is 0 Å². The van der Waals surface area contributed by atoms with Crippen LogP contribution >= 0.6 is 17.2 Å². The van der Waals surface area contributed by atoms with Crippen LogP contribution in [0.25, 0.3) is 54.2 Å². The van der Waals surface area contributed by atoms with E-state index in [1.165, 1.54) is 0 Å². The Morgan fingerprint density at radius 1 is 0.342 bits per heavy atom. The van der Waals surface area contributed by atoms with E-state index in [0.717, 1.165) is 94.9 Å². The molecule has 0 unspecified atom stereocenters. The van der Waals surface area contributed by atoms with Gasteiger partial charge in [-0.1, -0.05) is 179 Å². The third-order valence-corrected chi connectivity index (χ3v) is 16.3. The number of methoxy groups -OCH3 is 2. The number of hydrogen-bond donors (Lipinski definition) is 0. The maximum atomic E-state index is 7.65. The number of benzene rings is 10. The topological polar surface area (TPSA) is 83.1 Å². The molecule has 0 aliphatic heterocycles. The molecule has 0 saturated carbocycles. The lowest BCUT2D eigenvalue weighted by Gasteiger charge is -2.29. The molecule has 0 heterocycles. The van der Waals surface area contributed by atoms with Gasteiger partial charge in [-0.05, 0) is 127 Å². The van der Waals surface area contributed by atoms with Crippen LogP contribution in [-0.2, 0) is 19.3 Å². The van der Waals surface area contributed by atoms with Gasteiger partial charge in [-0.25, -0.2) is 0 Å². The average Bonchev–Trinajstić information content (AvgIpc) is 3.66. The highest BCUT2D eigenvalue weighted by Crippen LogP contribution is 2.60. The van der Waals surface area contributed by atoms with Crippen LogP contribution in [0.1, 0.15) is 79.5 Å². The smallest absolute Gasteiger partial charge is 0.496 e. The van der Waals surface area contributed by atoms with Crippen molar-refractivity contribution < 1.29 is 41.4 Å². The first-order valence-corrected chi connectivity index (χ1v) is 29.5. The van der Waals surface area contributed by atoms with Gasteiger partial charge >= 0.3 is 17.2 Å². The number of aryl methyl sites for hydroxylation is 7. The fraction of sp³-hybridized carbons (Fsp3) is 0.235. The van der Waals surface area contributed by atoms with Crippen LogP contribution < -0.4 is 41.4 Å². The van der Waals surface area contributed by atoms with Crippen LogP contribution in [0.5, 0.6) is 51.7 Å². The van der Waals surface area contributed by atoms with E-state index < -0.39 is 17.2 Å². The van der Waals surface area contributed by atoms with Crippen molar-refractivity contribution in [3.8, 4) is 62.9 Å². The van der Waals surface area contributed by atoms with E-state index in [4.69, 9.17) is 41.4 Å². The lowest BCUT2D eigenvalue weighted by atomic mass is 9.90. The molecule has 404 valence electrons. The first-order valence-electron chi connectivity index (χ1n) is 27.3. The number of fused-ring (bicyclic) bond motifs is 4. The summed E-state index contributed by atoms with van der Waals surface area (Å²) in [6.07, 6.45) is 3.47. The fourth-order valence-corrected chi connectivity index (χ4v) is 12.9. The second-order valence-corrected chi connectivity index (χ2v) is 21.7. The highest BCUT2D eigenvalue weighted by Gasteiger charge is 2.37. The van der Waals surface area contributed by atoms with Gasteiger partial charge in [-0.2, -0.15) is 0 Å². The number of ether oxygens (including phenoxy) is 3. The lowest BCUT2D eigenvalue weighted by molar-refractivity contribution is 0.309. The molecule has 0 aliphatic carbocycles. The van der Waals surface area contributed by atoms with Gasteiger partial charge in [-0.3, -0.25) is 0 Å². The lowest BCUT2D eigenvalue weighted by Crippen LogP contribution is -2.11. The molecule has 10 aromatic rings. The van der Waals surface area contributed by atoms with Crippen LogP contribution in [0.15, 0.2) is 158 Å². The summed E-state index contributed by atoms with van der Waals surface area (Å²) in [6.45, 7) is 17.0. The molecule has 79 heavy (non-hydrogen) atoms. The monoisotopic (exact) mass is 1090 g/mol. The van der Waals surface area contributed by atoms with Crippen molar-refractivity contribution in [2.24, 2.45) is 0 Å². The van der Waals surface area contributed by atoms with Crippen LogP contribution in [0, 0.1) is 27.7 Å². The van der Waals surface area contributed by atoms with E-state index in [2.05, 4.69) is 138 Å². The van der Waals surface area contributed by atoms with Gasteiger partial charge in [0.2, 0.25) is 0 Å². The van der Waals surface area contributed by atoms with Gasteiger partial charge in [-0.15, -0.1) is 0 Å². The highest BCUT2D eigenvalue weighted by atomic mass is 31.2. The van der Waals surface area contributed by atoms with E-state index in [-0.39, 0.29) is 0 Å². The summed E-state index contributed by atoms with van der Waals surface area (Å²) >= 11 is 0. The summed E-state index contributed by atoms with van der Waals surface area (Å²) in [6, 6.07) is 53.8. The molecule has 10 rings (SSSR count). The molecule has 0 saturated heterocycles. The Balaban J connectivity index is 1.25. The first-order chi connectivity index (χ1) is 38.6. The predicted octanol–water partition coefficient (Wildman–Crippen LogP) is 19.6. The van der Waals surface area contributed by atoms with Gasteiger partial charge in [0.05, 0.1) is 32.0 Å². The maximum absolute atomic E-state index is 7.65. The summed E-state index contributed by atoms with van der Waals surface area (Å²) in [5, 5.41) is 7.85. The Bertz CT molecular complexity index is 3660. The van der Waals surface area contributed by atoms with Crippen molar-refractivity contribution in [3.63, 3.8) is 0 Å². The largest absolute Gasteiger partial charge is 0.530 e. The van der Waals surface area contributed by atoms with Crippen molar-refractivity contribution in [1.82, 2.24) is 0 Å². The zero-order chi connectivity index (χ0) is 55.2. The van der Waals surface area contributed by atoms with E-state index in [0.29, 0.717) is 88.7 Å². The third kappa shape index (κ3) is 11.2. The molecule has 0 fully saturated rings. The van der Waals surface area contributed by atoms with Gasteiger partial charge in [0, 0.05) is 21.5 Å². The van der Waals surface area contributed by atoms with Gasteiger partial charge in [0.1, 0.15) is 40.2 Å². The molecule has 0 radical (unpaired) electrons. The Hall–Kier alpha value is -7.70. The summed E-state index contributed by atoms with van der Waals surface area (Å²) in [5.41, 5.74) is 7.62. The zero-order valence-electron chi connectivity index (χ0n) is 46.8. The Morgan fingerprint density at radius 2 is 0.671 bits per heavy atom. The van der Waals surface area contributed by atoms with Crippen molar-refractivity contribution in [2.45, 2.75) is 87.5 Å². The van der Waals surface area contributed by atoms with Crippen molar-refractivity contribution in [2.75, 3.05) is 20.8 Å². The van der Waals surface area contributed by atoms with Crippen molar-refractivity contribution in [1.29, 1.82) is 0 Å². The molecule has 0 aromatic heterocycles. The second kappa shape index (κ2) is 24.5. The van der Waals surface area contributed by atoms with Gasteiger partial charge < -0.3 is 41.4 Å². The van der Waals surface area contributed by atoms with Crippen molar-refractivity contribution >= 4 is 60.3 Å². The average molecular weight is 1090 g/mol. The van der Waals surface area contributed by atoms with E-state index >= 15 is 0 Å². The maximum Gasteiger partial charge on any atom is 0.530 e. The predicted molar refractivity (Wildman–Crippen MR) is 326 cm³/mol. The minimum Gasteiger partial charge on any atom is -0.496 e. The Kier molecular flexibility index (Phi) is 17.0. The molecule has 11 heteroatoms. The molecular weight excluding hydrogens is 1020 g/mol. The van der Waals surface area contributed by atoms with Crippen LogP contribution in [0.4, 0.5) is 0 Å². The molecule has 9 nitrogen and oxygen atoms in total. The fourth-order valence-electron chi connectivity index (χ4n) is 10.4. The van der Waals surface area contributed by atoms with Crippen LogP contribution in [0.2, 0.25) is 0 Å². The third-order valence-electron chi connectivity index (χ3n) is 14.3. The summed E-state index contributed by atoms with van der Waals surface area (Å²) in [5.74, 6) is 5.16. The summed E-state index contributed by atoms with van der Waals surface area (Å²) < 4.78 is 64.3. The quantitative estimate of drug-likeness (QED) is 0.0616. The normalized spacial score (nSPS) is 11.4. The second-order valence-electron chi connectivity index (χ2n) is 19.7. The van der Waals surface area contributed by atoms with E-state index in [9.17, 15) is 0 Å². The molecule has 0 spiro atoms. The summed E-state index contributed by atoms with van der Waals surface area (Å²) in [4.78, 5) is 0. The summed E-state index contributed by atoms with van der Waals surface area (Å²) in [7, 11) is -1.29. The number of hydrogen-bond acceptors (Lipinski definition) is 9. The molecule has 0 aliphatic rings. The van der Waals surface area contributed by atoms with Crippen molar-refractivity contribution in [3.05, 3.63) is 197 Å². The van der Waals surface area contributed by atoms with Crippen LogP contribution in [0.3, 0.4) is 0 Å². The Morgan fingerprint density at radius 3 is 1.00 bits per heavy atom. The molecule has 0 atom stereocenters. The highest BCUT2D eigenvalue weighted by molar-refractivity contribution is 7.43. The van der Waals surface area contributed by atoms with E-state index in [1.807, 2.05) is 75.4 Å². The van der Waals surface area contributed by atoms with E-state index in [1.54, 1.807) is 14.2 Å². The minimum absolute atomic E-state index is 0.375. The first kappa shape index (κ1) is 54.6. The molecule has 0 amide bonds. The number of rotatable bonds is 22. The molecule has 0 N–H and O–H groups in total. The molecule has 10 aromatic carbocycles. The zero-order valence-corrected chi connectivity index (χ0v) is 48.6. The SMILES string of the molecule is CCCc1cc(CC)c(OC)c(-c2c(OP(Oc3c(C)ccc4ccccc34)Oc3c(C)ccc4ccccc34)c(CCC)cc(OCC)c2OC)c1OP(Oc1c(C)ccc2ccccc12)Oc1c(C)ccc2ccccc12. The minimum atomic E-state index is -2.33. The molecule has 0 bridgehead atoms.